The van der Waals surface area contributed by atoms with Crippen LogP contribution in [0.4, 0.5) is 14.4 Å². The Morgan fingerprint density at radius 3 is 1.62 bits per heavy atom. The lowest BCUT2D eigenvalue weighted by molar-refractivity contribution is 0.0501. The molecule has 0 aliphatic heterocycles. The molecule has 3 amide bonds. The molecule has 2 aliphatic carbocycles. The summed E-state index contributed by atoms with van der Waals surface area (Å²) in [6.45, 7) is 14.5. The summed E-state index contributed by atoms with van der Waals surface area (Å²) in [6.07, 6.45) is 8.88. The van der Waals surface area contributed by atoms with E-state index in [1.165, 1.54) is 6.08 Å². The zero-order valence-electron chi connectivity index (χ0n) is 21.1. The summed E-state index contributed by atoms with van der Waals surface area (Å²) < 4.78 is 15.1. The average Bonchev–Trinajstić information content (AvgIpc) is 3.25. The molecule has 0 aromatic heterocycles. The largest absolute Gasteiger partial charge is 0.445 e. The Bertz CT molecular complexity index is 766. The molecule has 0 saturated carbocycles. The summed E-state index contributed by atoms with van der Waals surface area (Å²) >= 11 is 0. The van der Waals surface area contributed by atoms with Gasteiger partial charge in [-0.05, 0) is 54.4 Å². The van der Waals surface area contributed by atoms with Gasteiger partial charge in [-0.25, -0.2) is 14.4 Å². The van der Waals surface area contributed by atoms with Crippen molar-refractivity contribution in [1.82, 2.24) is 16.0 Å². The fourth-order valence-electron chi connectivity index (χ4n) is 2.99. The third-order valence-electron chi connectivity index (χ3n) is 4.24. The SMILES string of the molecule is C=CCOC(=O)N[C@@H]1C=C[C@H](NC(=O)OC(C)(C)C)C1.CC(C)(C)OC(=O)N[C@H]1C=C[C@@H](N)C1. The molecule has 0 heterocycles. The van der Waals surface area contributed by atoms with Gasteiger partial charge < -0.3 is 35.9 Å². The monoisotopic (exact) mass is 480 g/mol. The number of nitrogens with one attached hydrogen (secondary N) is 3. The van der Waals surface area contributed by atoms with Crippen molar-refractivity contribution in [3.63, 3.8) is 0 Å². The van der Waals surface area contributed by atoms with Crippen molar-refractivity contribution in [3.05, 3.63) is 37.0 Å². The normalized spacial score (nSPS) is 23.3. The van der Waals surface area contributed by atoms with Crippen molar-refractivity contribution in [3.8, 4) is 0 Å². The number of hydrogen-bond donors (Lipinski definition) is 4. The van der Waals surface area contributed by atoms with E-state index in [2.05, 4.69) is 22.5 Å². The Hall–Kier alpha value is -3.01. The molecule has 34 heavy (non-hydrogen) atoms. The average molecular weight is 481 g/mol. The quantitative estimate of drug-likeness (QED) is 0.349. The molecule has 0 bridgehead atoms. The van der Waals surface area contributed by atoms with E-state index in [4.69, 9.17) is 19.9 Å². The molecule has 0 aromatic rings. The van der Waals surface area contributed by atoms with Crippen molar-refractivity contribution >= 4 is 18.3 Å². The predicted molar refractivity (Wildman–Crippen MR) is 130 cm³/mol. The van der Waals surface area contributed by atoms with Gasteiger partial charge in [0.05, 0.1) is 18.1 Å². The van der Waals surface area contributed by atoms with Crippen molar-refractivity contribution in [2.45, 2.75) is 89.8 Å². The maximum Gasteiger partial charge on any atom is 0.408 e. The molecular formula is C24H40N4O6. The van der Waals surface area contributed by atoms with E-state index in [1.807, 2.05) is 45.1 Å². The Labute approximate surface area is 202 Å². The van der Waals surface area contributed by atoms with E-state index >= 15 is 0 Å². The van der Waals surface area contributed by atoms with Crippen molar-refractivity contribution in [2.75, 3.05) is 6.61 Å². The molecule has 5 N–H and O–H groups in total. The molecule has 0 radical (unpaired) electrons. The summed E-state index contributed by atoms with van der Waals surface area (Å²) in [6, 6.07) is -0.253. The van der Waals surface area contributed by atoms with Crippen LogP contribution in [0.3, 0.4) is 0 Å². The summed E-state index contributed by atoms with van der Waals surface area (Å²) in [4.78, 5) is 34.3. The van der Waals surface area contributed by atoms with E-state index in [-0.39, 0.29) is 36.9 Å². The molecule has 0 fully saturated rings. The second-order valence-corrected chi connectivity index (χ2v) is 10.0. The first-order valence-electron chi connectivity index (χ1n) is 11.3. The molecule has 192 valence electrons. The minimum absolute atomic E-state index is 0.0137. The molecule has 2 rings (SSSR count). The zero-order valence-corrected chi connectivity index (χ0v) is 21.1. The van der Waals surface area contributed by atoms with Gasteiger partial charge in [-0.1, -0.05) is 37.0 Å². The summed E-state index contributed by atoms with van der Waals surface area (Å²) in [5, 5.41) is 8.14. The topological polar surface area (TPSA) is 141 Å². The van der Waals surface area contributed by atoms with Crippen LogP contribution in [-0.4, -0.2) is 60.3 Å². The van der Waals surface area contributed by atoms with Crippen LogP contribution in [0, 0.1) is 0 Å². The van der Waals surface area contributed by atoms with Crippen molar-refractivity contribution in [1.29, 1.82) is 0 Å². The van der Waals surface area contributed by atoms with Crippen LogP contribution < -0.4 is 21.7 Å². The maximum atomic E-state index is 11.6. The van der Waals surface area contributed by atoms with Gasteiger partial charge >= 0.3 is 18.3 Å². The highest BCUT2D eigenvalue weighted by Gasteiger charge is 2.25. The molecule has 4 atom stereocenters. The van der Waals surface area contributed by atoms with Gasteiger partial charge in [0.1, 0.15) is 17.8 Å². The fraction of sp³-hybridized carbons (Fsp3) is 0.625. The van der Waals surface area contributed by atoms with Gasteiger partial charge in [-0.15, -0.1) is 0 Å². The highest BCUT2D eigenvalue weighted by Crippen LogP contribution is 2.13. The van der Waals surface area contributed by atoms with E-state index < -0.39 is 23.4 Å². The lowest BCUT2D eigenvalue weighted by Gasteiger charge is -2.21. The molecule has 0 spiro atoms. The molecule has 10 nitrogen and oxygen atoms in total. The fourth-order valence-corrected chi connectivity index (χ4v) is 2.99. The smallest absolute Gasteiger partial charge is 0.408 e. The maximum absolute atomic E-state index is 11.6. The van der Waals surface area contributed by atoms with E-state index in [1.54, 1.807) is 20.8 Å². The molecular weight excluding hydrogens is 440 g/mol. The Balaban J connectivity index is 0.000000362. The van der Waals surface area contributed by atoms with Crippen LogP contribution in [0.1, 0.15) is 54.4 Å². The number of nitrogens with two attached hydrogens (primary N) is 1. The molecule has 0 unspecified atom stereocenters. The van der Waals surface area contributed by atoms with Crippen LogP contribution in [-0.2, 0) is 14.2 Å². The number of rotatable bonds is 5. The lowest BCUT2D eigenvalue weighted by Crippen LogP contribution is -2.40. The second-order valence-electron chi connectivity index (χ2n) is 10.0. The van der Waals surface area contributed by atoms with Gasteiger partial charge in [0.15, 0.2) is 0 Å². The molecule has 0 saturated heterocycles. The van der Waals surface area contributed by atoms with Crippen LogP contribution in [0.15, 0.2) is 37.0 Å². The zero-order chi connectivity index (χ0) is 25.9. The van der Waals surface area contributed by atoms with Crippen LogP contribution in [0.5, 0.6) is 0 Å². The van der Waals surface area contributed by atoms with Gasteiger partial charge in [-0.3, -0.25) is 0 Å². The first kappa shape index (κ1) is 29.0. The number of ether oxygens (including phenoxy) is 3. The lowest BCUT2D eigenvalue weighted by atomic mass is 10.2. The molecule has 10 heteroatoms. The number of hydrogen-bond acceptors (Lipinski definition) is 7. The Kier molecular flexibility index (Phi) is 11.1. The summed E-state index contributed by atoms with van der Waals surface area (Å²) in [7, 11) is 0. The highest BCUT2D eigenvalue weighted by atomic mass is 16.6. The van der Waals surface area contributed by atoms with Crippen molar-refractivity contribution < 1.29 is 28.6 Å². The third kappa shape index (κ3) is 13.5. The second kappa shape index (κ2) is 13.0. The Morgan fingerprint density at radius 2 is 1.24 bits per heavy atom. The predicted octanol–water partition coefficient (Wildman–Crippen LogP) is 3.29. The van der Waals surface area contributed by atoms with Gasteiger partial charge in [0.2, 0.25) is 0 Å². The minimum Gasteiger partial charge on any atom is -0.445 e. The van der Waals surface area contributed by atoms with E-state index in [9.17, 15) is 14.4 Å². The number of carbonyl (C=O) groups excluding carboxylic acids is 3. The highest BCUT2D eigenvalue weighted by molar-refractivity contribution is 5.70. The minimum atomic E-state index is -0.529. The molecule has 2 aliphatic rings. The van der Waals surface area contributed by atoms with Crippen molar-refractivity contribution in [2.24, 2.45) is 5.73 Å². The van der Waals surface area contributed by atoms with Crippen LogP contribution in [0.2, 0.25) is 0 Å². The summed E-state index contributed by atoms with van der Waals surface area (Å²) in [5.41, 5.74) is 4.67. The first-order valence-corrected chi connectivity index (χ1v) is 11.3. The Morgan fingerprint density at radius 1 is 0.824 bits per heavy atom. The van der Waals surface area contributed by atoms with Gasteiger partial charge in [0.25, 0.3) is 0 Å². The van der Waals surface area contributed by atoms with Crippen LogP contribution >= 0.6 is 0 Å². The first-order chi connectivity index (χ1) is 15.7. The summed E-state index contributed by atoms with van der Waals surface area (Å²) in [5.74, 6) is 0. The number of alkyl carbamates (subject to hydrolysis) is 3. The van der Waals surface area contributed by atoms with Crippen LogP contribution in [0.25, 0.3) is 0 Å². The molecule has 0 aromatic carbocycles. The standard InChI is InChI=1S/C14H22N2O4.C10H18N2O2/c1-5-8-19-12(17)15-10-6-7-11(9-10)16-13(18)20-14(2,3)4;1-10(2,3)14-9(13)12-8-5-4-7(11)6-8/h5-7,10-11H,1,8-9H2,2-4H3,(H,15,17)(H,16,18);4-5,7-8H,6,11H2,1-3H3,(H,12,13)/t10-,11+;7-,8+/m11/s1. The van der Waals surface area contributed by atoms with E-state index in [0.717, 1.165) is 6.42 Å². The number of carbonyl (C=O) groups is 3. The number of amides is 3. The van der Waals surface area contributed by atoms with E-state index in [0.29, 0.717) is 6.42 Å². The van der Waals surface area contributed by atoms with Gasteiger partial charge in [0, 0.05) is 6.04 Å². The third-order valence-corrected chi connectivity index (χ3v) is 4.24. The van der Waals surface area contributed by atoms with Gasteiger partial charge in [-0.2, -0.15) is 0 Å².